The van der Waals surface area contributed by atoms with E-state index >= 15 is 0 Å². The molecule has 2 aliphatic carbocycles. The number of ether oxygens (including phenoxy) is 1. The van der Waals surface area contributed by atoms with Gasteiger partial charge >= 0.3 is 11.9 Å². The van der Waals surface area contributed by atoms with Crippen molar-refractivity contribution < 1.29 is 14.3 Å². The summed E-state index contributed by atoms with van der Waals surface area (Å²) >= 11 is 0. The lowest BCUT2D eigenvalue weighted by molar-refractivity contribution is -0.167. The lowest BCUT2D eigenvalue weighted by Crippen LogP contribution is -2.42. The maximum absolute atomic E-state index is 13.1. The fourth-order valence-electron chi connectivity index (χ4n) is 4.05. The Morgan fingerprint density at radius 2 is 1.15 bits per heavy atom. The van der Waals surface area contributed by atoms with E-state index in [1.165, 1.54) is 0 Å². The molecule has 0 aliphatic heterocycles. The molecule has 0 saturated heterocycles. The normalized spacial score (nSPS) is 25.4. The van der Waals surface area contributed by atoms with Gasteiger partial charge in [0.15, 0.2) is 0 Å². The fraction of sp³-hybridized carbons (Fsp3) is 0.250. The largest absolute Gasteiger partial charge is 0.392 e. The number of carbonyl (C=O) groups excluding carboxylic acids is 2. The van der Waals surface area contributed by atoms with Gasteiger partial charge in [-0.3, -0.25) is 9.59 Å². The second-order valence-electron chi connectivity index (χ2n) is 7.73. The highest BCUT2D eigenvalue weighted by atomic mass is 16.6. The van der Waals surface area contributed by atoms with Gasteiger partial charge in [-0.1, -0.05) is 72.8 Å². The van der Waals surface area contributed by atoms with Crippen molar-refractivity contribution in [3.05, 3.63) is 82.9 Å². The van der Waals surface area contributed by atoms with E-state index in [0.717, 1.165) is 22.3 Å². The van der Waals surface area contributed by atoms with Crippen molar-refractivity contribution in [2.75, 3.05) is 0 Å². The maximum atomic E-state index is 13.1. The zero-order chi connectivity index (χ0) is 19.1. The van der Waals surface area contributed by atoms with Gasteiger partial charge in [-0.15, -0.1) is 0 Å². The minimum absolute atomic E-state index is 0.488. The summed E-state index contributed by atoms with van der Waals surface area (Å²) in [5, 5.41) is 0. The monoisotopic (exact) mass is 358 g/mol. The van der Waals surface area contributed by atoms with Crippen molar-refractivity contribution in [2.45, 2.75) is 37.5 Å². The van der Waals surface area contributed by atoms with Crippen LogP contribution < -0.4 is 0 Å². The van der Waals surface area contributed by atoms with Gasteiger partial charge in [-0.25, -0.2) is 0 Å². The molecule has 2 aromatic rings. The van der Waals surface area contributed by atoms with Crippen LogP contribution in [0, 0.1) is 0 Å². The predicted molar refractivity (Wildman–Crippen MR) is 106 cm³/mol. The number of fused-ring (bicyclic) bond motifs is 2. The van der Waals surface area contributed by atoms with E-state index in [9.17, 15) is 9.59 Å². The van der Waals surface area contributed by atoms with E-state index in [4.69, 9.17) is 4.74 Å². The zero-order valence-electron chi connectivity index (χ0n) is 15.6. The minimum Gasteiger partial charge on any atom is -0.392 e. The molecule has 0 N–H and O–H groups in total. The number of benzene rings is 2. The van der Waals surface area contributed by atoms with Crippen molar-refractivity contribution in [1.82, 2.24) is 0 Å². The van der Waals surface area contributed by atoms with Crippen LogP contribution in [-0.2, 0) is 25.2 Å². The summed E-state index contributed by atoms with van der Waals surface area (Å²) in [5.41, 5.74) is 2.07. The molecule has 3 heteroatoms. The quantitative estimate of drug-likeness (QED) is 0.572. The van der Waals surface area contributed by atoms with E-state index in [1.54, 1.807) is 0 Å². The molecule has 0 bridgehead atoms. The van der Waals surface area contributed by atoms with Crippen LogP contribution in [0.3, 0.4) is 0 Å². The Bertz CT molecular complexity index is 905. The van der Waals surface area contributed by atoms with E-state index in [0.29, 0.717) is 12.8 Å². The molecular formula is C24H22O3. The number of hydrogen-bond donors (Lipinski definition) is 0. The first-order valence-corrected chi connectivity index (χ1v) is 9.24. The molecule has 0 amide bonds. The standard InChI is InChI=1S/C24H22O3/c1-23(15-7-11-17-9-3-5-13-19(17)23)21(25)27-22(26)24(2)16-8-12-18-10-4-6-14-20(18)24/h3-14H,15-16H2,1-2H3. The Morgan fingerprint density at radius 3 is 1.59 bits per heavy atom. The predicted octanol–water partition coefficient (Wildman–Crippen LogP) is 4.81. The Balaban J connectivity index is 1.63. The first-order valence-electron chi connectivity index (χ1n) is 9.24. The lowest BCUT2D eigenvalue weighted by Gasteiger charge is -2.34. The van der Waals surface area contributed by atoms with Gasteiger partial charge in [-0.2, -0.15) is 0 Å². The molecule has 2 aromatic carbocycles. The van der Waals surface area contributed by atoms with E-state index in [2.05, 4.69) is 0 Å². The molecule has 0 saturated carbocycles. The molecule has 2 unspecified atom stereocenters. The van der Waals surface area contributed by atoms with E-state index in [1.807, 2.05) is 86.7 Å². The average Bonchev–Trinajstić information content (AvgIpc) is 2.68. The molecule has 136 valence electrons. The highest BCUT2D eigenvalue weighted by Gasteiger charge is 2.45. The van der Waals surface area contributed by atoms with E-state index in [-0.39, 0.29) is 0 Å². The summed E-state index contributed by atoms with van der Waals surface area (Å²) in [6.45, 7) is 3.70. The highest BCUT2D eigenvalue weighted by Crippen LogP contribution is 2.40. The topological polar surface area (TPSA) is 43.4 Å². The molecule has 0 heterocycles. The van der Waals surface area contributed by atoms with Crippen LogP contribution in [0.15, 0.2) is 60.7 Å². The summed E-state index contributed by atoms with van der Waals surface area (Å²) < 4.78 is 5.50. The molecule has 0 aromatic heterocycles. The van der Waals surface area contributed by atoms with Crippen molar-refractivity contribution in [3.63, 3.8) is 0 Å². The number of rotatable bonds is 2. The van der Waals surface area contributed by atoms with Crippen molar-refractivity contribution in [2.24, 2.45) is 0 Å². The summed E-state index contributed by atoms with van der Waals surface area (Å²) in [6.07, 6.45) is 8.99. The summed E-state index contributed by atoms with van der Waals surface area (Å²) in [4.78, 5) is 26.2. The van der Waals surface area contributed by atoms with Gasteiger partial charge in [-0.05, 0) is 48.9 Å². The first kappa shape index (κ1) is 17.5. The third-order valence-corrected chi connectivity index (χ3v) is 5.84. The first-order chi connectivity index (χ1) is 12.9. The molecule has 3 nitrogen and oxygen atoms in total. The van der Waals surface area contributed by atoms with Gasteiger partial charge in [0, 0.05) is 0 Å². The third kappa shape index (κ3) is 2.74. The van der Waals surface area contributed by atoms with Crippen LogP contribution >= 0.6 is 0 Å². The summed E-state index contributed by atoms with van der Waals surface area (Å²) in [6, 6.07) is 15.5. The zero-order valence-corrected chi connectivity index (χ0v) is 15.6. The van der Waals surface area contributed by atoms with Crippen LogP contribution in [0.5, 0.6) is 0 Å². The van der Waals surface area contributed by atoms with Crippen LogP contribution in [0.2, 0.25) is 0 Å². The second-order valence-corrected chi connectivity index (χ2v) is 7.73. The SMILES string of the molecule is CC1(C(=O)OC(=O)C2(C)CC=Cc3ccccc32)CC=Cc2ccccc21. The summed E-state index contributed by atoms with van der Waals surface area (Å²) in [7, 11) is 0. The Labute approximate surface area is 159 Å². The molecule has 27 heavy (non-hydrogen) atoms. The van der Waals surface area contributed by atoms with Gasteiger partial charge in [0.1, 0.15) is 0 Å². The van der Waals surface area contributed by atoms with Crippen molar-refractivity contribution in [1.29, 1.82) is 0 Å². The summed E-state index contributed by atoms with van der Waals surface area (Å²) in [5.74, 6) is -0.977. The van der Waals surface area contributed by atoms with Crippen molar-refractivity contribution in [3.8, 4) is 0 Å². The molecule has 2 atom stereocenters. The molecular weight excluding hydrogens is 336 g/mol. The van der Waals surface area contributed by atoms with Crippen LogP contribution in [0.1, 0.15) is 48.9 Å². The Hall–Kier alpha value is -2.94. The third-order valence-electron chi connectivity index (χ3n) is 5.84. The smallest absolute Gasteiger partial charge is 0.324 e. The maximum Gasteiger partial charge on any atom is 0.324 e. The molecule has 0 spiro atoms. The number of esters is 2. The Morgan fingerprint density at radius 1 is 0.741 bits per heavy atom. The molecule has 2 aliphatic rings. The Kier molecular flexibility index (Phi) is 4.11. The van der Waals surface area contributed by atoms with Crippen molar-refractivity contribution >= 4 is 24.1 Å². The second kappa shape index (κ2) is 6.34. The average molecular weight is 358 g/mol. The highest BCUT2D eigenvalue weighted by molar-refractivity contribution is 5.98. The van der Waals surface area contributed by atoms with E-state index < -0.39 is 22.8 Å². The molecule has 0 radical (unpaired) electrons. The lowest BCUT2D eigenvalue weighted by atomic mass is 9.73. The fourth-order valence-corrected chi connectivity index (χ4v) is 4.05. The minimum atomic E-state index is -0.860. The van der Waals surface area contributed by atoms with Crippen LogP contribution in [0.4, 0.5) is 0 Å². The molecule has 0 fully saturated rings. The number of hydrogen-bond acceptors (Lipinski definition) is 3. The molecule has 4 rings (SSSR count). The number of allylic oxidation sites excluding steroid dienone is 2. The van der Waals surface area contributed by atoms with Gasteiger partial charge < -0.3 is 4.74 Å². The number of carbonyl (C=O) groups is 2. The van der Waals surface area contributed by atoms with Gasteiger partial charge in [0.2, 0.25) is 0 Å². The van der Waals surface area contributed by atoms with Crippen LogP contribution in [-0.4, -0.2) is 11.9 Å². The van der Waals surface area contributed by atoms with Crippen LogP contribution in [0.25, 0.3) is 12.2 Å². The van der Waals surface area contributed by atoms with Gasteiger partial charge in [0.25, 0.3) is 0 Å². The van der Waals surface area contributed by atoms with Gasteiger partial charge in [0.05, 0.1) is 10.8 Å².